The van der Waals surface area contributed by atoms with E-state index in [2.05, 4.69) is 0 Å². The van der Waals surface area contributed by atoms with Crippen molar-refractivity contribution in [3.8, 4) is 11.1 Å². The van der Waals surface area contributed by atoms with Gasteiger partial charge in [-0.3, -0.25) is 4.90 Å². The summed E-state index contributed by atoms with van der Waals surface area (Å²) in [6.07, 6.45) is -4.87. The predicted octanol–water partition coefficient (Wildman–Crippen LogP) is 2.42. The molecule has 2 aromatic carbocycles. The van der Waals surface area contributed by atoms with Crippen LogP contribution in [-0.2, 0) is 11.3 Å². The first-order valence-electron chi connectivity index (χ1n) is 11.5. The molecule has 0 spiro atoms. The molecule has 5 atom stereocenters. The molecule has 0 radical (unpaired) electrons. The summed E-state index contributed by atoms with van der Waals surface area (Å²) in [6, 6.07) is 10.8. The largest absolute Gasteiger partial charge is 0.389 e. The topological polar surface area (TPSA) is 93.4 Å². The molecule has 1 heterocycles. The number of hydrogen-bond donors (Lipinski definition) is 4. The average molecular weight is 484 g/mol. The number of halogens is 3. The van der Waals surface area contributed by atoms with Crippen LogP contribution >= 0.6 is 0 Å². The van der Waals surface area contributed by atoms with Gasteiger partial charge in [0.05, 0.1) is 25.4 Å². The lowest BCUT2D eigenvalue weighted by Crippen LogP contribution is -2.43. The van der Waals surface area contributed by atoms with Crippen LogP contribution in [0.5, 0.6) is 0 Å². The van der Waals surface area contributed by atoms with Gasteiger partial charge in [-0.2, -0.15) is 0 Å². The van der Waals surface area contributed by atoms with Gasteiger partial charge < -0.3 is 25.2 Å². The van der Waals surface area contributed by atoms with E-state index in [-0.39, 0.29) is 32.7 Å². The number of ether oxygens (including phenoxy) is 1. The van der Waals surface area contributed by atoms with Crippen LogP contribution in [0.2, 0.25) is 0 Å². The minimum atomic E-state index is -1.40. The van der Waals surface area contributed by atoms with Gasteiger partial charge in [-0.1, -0.05) is 30.3 Å². The summed E-state index contributed by atoms with van der Waals surface area (Å²) in [5.41, 5.74) is 1.94. The first-order valence-corrected chi connectivity index (χ1v) is 11.5. The summed E-state index contributed by atoms with van der Waals surface area (Å²) in [5, 5.41) is 39.3. The number of aliphatic hydroxyl groups excluding tert-OH is 4. The molecule has 2 aromatic rings. The first kappa shape index (κ1) is 26.6. The number of hydrogen-bond acceptors (Lipinski definition) is 6. The molecular weight excluding hydrogens is 451 g/mol. The maximum atomic E-state index is 14.3. The van der Waals surface area contributed by atoms with E-state index in [0.29, 0.717) is 30.5 Å². The Balaban J connectivity index is 1.40. The fourth-order valence-corrected chi connectivity index (χ4v) is 4.13. The van der Waals surface area contributed by atoms with Crippen molar-refractivity contribution >= 4 is 0 Å². The lowest BCUT2D eigenvalue weighted by Gasteiger charge is -2.23. The van der Waals surface area contributed by atoms with Crippen LogP contribution in [0, 0.1) is 11.6 Å². The van der Waals surface area contributed by atoms with Crippen molar-refractivity contribution in [2.45, 2.75) is 56.5 Å². The zero-order valence-corrected chi connectivity index (χ0v) is 18.9. The molecule has 1 aliphatic rings. The van der Waals surface area contributed by atoms with E-state index < -0.39 is 42.2 Å². The molecule has 4 N–H and O–H groups in total. The molecule has 0 saturated carbocycles. The third-order valence-corrected chi connectivity index (χ3v) is 6.07. The zero-order valence-electron chi connectivity index (χ0n) is 18.9. The Labute approximate surface area is 197 Å². The fourth-order valence-electron chi connectivity index (χ4n) is 4.13. The van der Waals surface area contributed by atoms with Crippen molar-refractivity contribution in [2.24, 2.45) is 0 Å². The van der Waals surface area contributed by atoms with E-state index in [1.165, 1.54) is 6.07 Å². The van der Waals surface area contributed by atoms with Crippen molar-refractivity contribution in [2.75, 3.05) is 26.2 Å². The van der Waals surface area contributed by atoms with Gasteiger partial charge in [0.25, 0.3) is 0 Å². The van der Waals surface area contributed by atoms with Crippen LogP contribution in [0.25, 0.3) is 11.1 Å². The zero-order chi connectivity index (χ0) is 24.7. The second-order valence-electron chi connectivity index (χ2n) is 8.77. The Hall–Kier alpha value is -2.01. The number of β-amino-alcohol motifs (C(OH)–C–C–N with tert-alkyl or cyclic N) is 2. The average Bonchev–Trinajstić information content (AvgIpc) is 2.90. The van der Waals surface area contributed by atoms with Crippen LogP contribution < -0.4 is 0 Å². The molecule has 9 heteroatoms. The molecule has 1 unspecified atom stereocenters. The Morgan fingerprint density at radius 3 is 2.26 bits per heavy atom. The van der Waals surface area contributed by atoms with E-state index >= 15 is 0 Å². The summed E-state index contributed by atoms with van der Waals surface area (Å²) in [6.45, 7) is 0.752. The highest BCUT2D eigenvalue weighted by molar-refractivity contribution is 5.67. The second kappa shape index (κ2) is 12.6. The molecule has 188 valence electrons. The monoisotopic (exact) mass is 483 g/mol. The molecule has 34 heavy (non-hydrogen) atoms. The highest BCUT2D eigenvalue weighted by Crippen LogP contribution is 2.26. The van der Waals surface area contributed by atoms with Crippen LogP contribution in [0.15, 0.2) is 42.5 Å². The Kier molecular flexibility index (Phi) is 9.87. The van der Waals surface area contributed by atoms with Gasteiger partial charge in [-0.25, -0.2) is 13.2 Å². The van der Waals surface area contributed by atoms with E-state index in [9.17, 15) is 33.6 Å². The lowest BCUT2D eigenvalue weighted by molar-refractivity contribution is -0.0894. The highest BCUT2D eigenvalue weighted by Gasteiger charge is 2.35. The van der Waals surface area contributed by atoms with Crippen molar-refractivity contribution in [1.82, 2.24) is 4.90 Å². The van der Waals surface area contributed by atoms with Gasteiger partial charge in [0, 0.05) is 13.1 Å². The molecule has 0 bridgehead atoms. The van der Waals surface area contributed by atoms with Crippen molar-refractivity contribution < 1.29 is 38.3 Å². The minimum Gasteiger partial charge on any atom is -0.389 e. The summed E-state index contributed by atoms with van der Waals surface area (Å²) in [5.74, 6) is -1.86. The maximum Gasteiger partial charge on any atom is 0.159 e. The van der Waals surface area contributed by atoms with Gasteiger partial charge >= 0.3 is 0 Å². The van der Waals surface area contributed by atoms with Gasteiger partial charge in [-0.05, 0) is 54.6 Å². The van der Waals surface area contributed by atoms with Crippen LogP contribution in [0.3, 0.4) is 0 Å². The third-order valence-electron chi connectivity index (χ3n) is 6.07. The Bertz CT molecular complexity index is 902. The van der Waals surface area contributed by atoms with Gasteiger partial charge in [0.15, 0.2) is 11.6 Å². The van der Waals surface area contributed by atoms with E-state index in [4.69, 9.17) is 4.74 Å². The summed E-state index contributed by atoms with van der Waals surface area (Å²) in [4.78, 5) is 1.74. The molecule has 0 amide bonds. The lowest BCUT2D eigenvalue weighted by atomic mass is 10.00. The first-order chi connectivity index (χ1) is 16.3. The van der Waals surface area contributed by atoms with Crippen LogP contribution in [-0.4, -0.2) is 82.2 Å². The molecular formula is C25H32F3NO5. The molecule has 0 aromatic heterocycles. The van der Waals surface area contributed by atoms with Crippen molar-refractivity contribution in [3.63, 3.8) is 0 Å². The summed E-state index contributed by atoms with van der Waals surface area (Å²) < 4.78 is 46.7. The van der Waals surface area contributed by atoms with Crippen LogP contribution in [0.1, 0.15) is 24.8 Å². The van der Waals surface area contributed by atoms with E-state index in [0.717, 1.165) is 17.7 Å². The standard InChI is InChI=1S/C25H32F3NO5/c26-18(6-3-4-10-29-12-22(30)24(32)25(33)23(31)13-29)15-34-14-17-5-1-2-7-19(17)16-8-9-20(27)21(28)11-16/h1-2,5,7-9,11,18,22-25,30-33H,3-4,6,10,12-15H2/t18?,22-,23-,24+,25+/m0/s1. The number of nitrogens with zero attached hydrogens (tertiary/aromatic N) is 1. The molecule has 1 aliphatic heterocycles. The summed E-state index contributed by atoms with van der Waals surface area (Å²) in [7, 11) is 0. The smallest absolute Gasteiger partial charge is 0.159 e. The van der Waals surface area contributed by atoms with Crippen molar-refractivity contribution in [1.29, 1.82) is 0 Å². The van der Waals surface area contributed by atoms with Gasteiger partial charge in [-0.15, -0.1) is 0 Å². The molecule has 1 saturated heterocycles. The predicted molar refractivity (Wildman–Crippen MR) is 121 cm³/mol. The summed E-state index contributed by atoms with van der Waals surface area (Å²) >= 11 is 0. The molecule has 3 rings (SSSR count). The number of likely N-dealkylation sites (tertiary alicyclic amines) is 1. The number of aliphatic hydroxyl groups is 4. The number of benzene rings is 2. The van der Waals surface area contributed by atoms with Crippen molar-refractivity contribution in [3.05, 3.63) is 59.7 Å². The number of alkyl halides is 1. The normalized spacial score (nSPS) is 24.7. The molecule has 1 fully saturated rings. The molecule has 6 nitrogen and oxygen atoms in total. The Morgan fingerprint density at radius 2 is 1.59 bits per heavy atom. The highest BCUT2D eigenvalue weighted by atomic mass is 19.2. The van der Waals surface area contributed by atoms with Crippen LogP contribution in [0.4, 0.5) is 13.2 Å². The minimum absolute atomic E-state index is 0.106. The maximum absolute atomic E-state index is 14.3. The second-order valence-corrected chi connectivity index (χ2v) is 8.77. The SMILES string of the molecule is O[C@H]1[C@H](O)[C@@H](O)CN(CCCCC(F)COCc2ccccc2-c2ccc(F)c(F)c2)C[C@@H]1O. The number of unbranched alkanes of at least 4 members (excludes halogenated alkanes) is 1. The molecule has 0 aliphatic carbocycles. The van der Waals surface area contributed by atoms with E-state index in [1.54, 1.807) is 29.2 Å². The van der Waals surface area contributed by atoms with Gasteiger partial charge in [0.2, 0.25) is 0 Å². The van der Waals surface area contributed by atoms with Gasteiger partial charge in [0.1, 0.15) is 18.4 Å². The Morgan fingerprint density at radius 1 is 0.912 bits per heavy atom. The third kappa shape index (κ3) is 7.24. The fraction of sp³-hybridized carbons (Fsp3) is 0.520. The van der Waals surface area contributed by atoms with E-state index in [1.807, 2.05) is 0 Å². The number of rotatable bonds is 10. The quantitative estimate of drug-likeness (QED) is 0.388.